The molecule has 1 aromatic heterocycles. The normalized spacial score (nSPS) is 22.0. The molecule has 2 rings (SSSR count). The van der Waals surface area contributed by atoms with Crippen LogP contribution in [0.15, 0.2) is 5.38 Å². The predicted molar refractivity (Wildman–Crippen MR) is 63.5 cm³/mol. The van der Waals surface area contributed by atoms with E-state index in [9.17, 15) is 0 Å². The highest BCUT2D eigenvalue weighted by molar-refractivity contribution is 7.13. The Morgan fingerprint density at radius 2 is 2.47 bits per heavy atom. The maximum Gasteiger partial charge on any atom is 0.185 e. The summed E-state index contributed by atoms with van der Waals surface area (Å²) in [7, 11) is 0. The molecule has 1 aromatic rings. The highest BCUT2D eigenvalue weighted by atomic mass is 32.1. The summed E-state index contributed by atoms with van der Waals surface area (Å²) < 4.78 is 0. The van der Waals surface area contributed by atoms with Crippen molar-refractivity contribution in [1.82, 2.24) is 4.98 Å². The number of rotatable bonds is 3. The molecule has 0 saturated carbocycles. The molecule has 0 aromatic carbocycles. The highest BCUT2D eigenvalue weighted by Crippen LogP contribution is 2.28. The number of piperidine rings is 1. The van der Waals surface area contributed by atoms with E-state index in [0.29, 0.717) is 6.04 Å². The lowest BCUT2D eigenvalue weighted by Gasteiger charge is -2.35. The first-order valence-corrected chi connectivity index (χ1v) is 6.49. The van der Waals surface area contributed by atoms with Crippen LogP contribution in [0.5, 0.6) is 0 Å². The Morgan fingerprint density at radius 1 is 1.60 bits per heavy atom. The molecule has 1 N–H and O–H groups in total. The van der Waals surface area contributed by atoms with Crippen molar-refractivity contribution in [2.75, 3.05) is 18.1 Å². The van der Waals surface area contributed by atoms with Gasteiger partial charge in [-0.2, -0.15) is 0 Å². The average Bonchev–Trinajstić information content (AvgIpc) is 2.66. The van der Waals surface area contributed by atoms with Crippen molar-refractivity contribution in [3.05, 3.63) is 11.1 Å². The van der Waals surface area contributed by atoms with Gasteiger partial charge in [0, 0.05) is 24.6 Å². The number of hydrogen-bond acceptors (Lipinski definition) is 4. The Hall–Kier alpha value is -0.610. The number of aliphatic hydroxyl groups excluding tert-OH is 1. The van der Waals surface area contributed by atoms with Gasteiger partial charge in [-0.25, -0.2) is 4.98 Å². The van der Waals surface area contributed by atoms with E-state index in [4.69, 9.17) is 5.11 Å². The number of aliphatic hydroxyl groups is 1. The second kappa shape index (κ2) is 4.94. The average molecular weight is 226 g/mol. The van der Waals surface area contributed by atoms with Gasteiger partial charge in [0.2, 0.25) is 0 Å². The van der Waals surface area contributed by atoms with Crippen LogP contribution in [-0.4, -0.2) is 29.3 Å². The first-order chi connectivity index (χ1) is 7.31. The van der Waals surface area contributed by atoms with Crippen LogP contribution in [0.2, 0.25) is 0 Å². The van der Waals surface area contributed by atoms with Crippen LogP contribution in [0, 0.1) is 6.92 Å². The van der Waals surface area contributed by atoms with Crippen molar-refractivity contribution in [3.8, 4) is 0 Å². The van der Waals surface area contributed by atoms with Gasteiger partial charge in [-0.05, 0) is 32.6 Å². The summed E-state index contributed by atoms with van der Waals surface area (Å²) in [5.74, 6) is 0. The fraction of sp³-hybridized carbons (Fsp3) is 0.727. The fourth-order valence-electron chi connectivity index (χ4n) is 2.18. The van der Waals surface area contributed by atoms with E-state index in [1.165, 1.54) is 19.3 Å². The molecular weight excluding hydrogens is 208 g/mol. The van der Waals surface area contributed by atoms with Crippen molar-refractivity contribution >= 4 is 16.5 Å². The largest absolute Gasteiger partial charge is 0.396 e. The Bertz CT molecular complexity index is 311. The molecule has 4 heteroatoms. The lowest BCUT2D eigenvalue weighted by Crippen LogP contribution is -2.40. The minimum absolute atomic E-state index is 0.283. The molecule has 1 fully saturated rings. The van der Waals surface area contributed by atoms with E-state index in [1.54, 1.807) is 11.3 Å². The van der Waals surface area contributed by atoms with Gasteiger partial charge in [0.25, 0.3) is 0 Å². The minimum Gasteiger partial charge on any atom is -0.396 e. The fourth-order valence-corrected chi connectivity index (χ4v) is 3.08. The predicted octanol–water partition coefficient (Wildman–Crippen LogP) is 2.19. The molecule has 1 unspecified atom stereocenters. The van der Waals surface area contributed by atoms with Crippen LogP contribution >= 0.6 is 11.3 Å². The molecule has 84 valence electrons. The third kappa shape index (κ3) is 2.49. The zero-order chi connectivity index (χ0) is 10.7. The molecular formula is C11H18N2OS. The SMILES string of the molecule is Cc1csc(N2CCCCC2CCO)n1. The van der Waals surface area contributed by atoms with Gasteiger partial charge in [-0.15, -0.1) is 11.3 Å². The molecule has 0 bridgehead atoms. The molecule has 15 heavy (non-hydrogen) atoms. The first-order valence-electron chi connectivity index (χ1n) is 5.61. The van der Waals surface area contributed by atoms with Crippen LogP contribution < -0.4 is 4.90 Å². The standard InChI is InChI=1S/C11H18N2OS/c1-9-8-15-11(12-9)13-6-3-2-4-10(13)5-7-14/h8,10,14H,2-7H2,1H3. The van der Waals surface area contributed by atoms with Gasteiger partial charge in [0.1, 0.15) is 0 Å². The smallest absolute Gasteiger partial charge is 0.185 e. The Balaban J connectivity index is 2.10. The number of hydrogen-bond donors (Lipinski definition) is 1. The van der Waals surface area contributed by atoms with Gasteiger partial charge < -0.3 is 10.0 Å². The van der Waals surface area contributed by atoms with Gasteiger partial charge in [0.15, 0.2) is 5.13 Å². The molecule has 1 atom stereocenters. The minimum atomic E-state index is 0.283. The van der Waals surface area contributed by atoms with Gasteiger partial charge in [-0.1, -0.05) is 0 Å². The Labute approximate surface area is 94.8 Å². The second-order valence-electron chi connectivity index (χ2n) is 4.13. The molecule has 1 aliphatic rings. The first kappa shape index (κ1) is 10.9. The van der Waals surface area contributed by atoms with Gasteiger partial charge in [-0.3, -0.25) is 0 Å². The molecule has 1 aliphatic heterocycles. The van der Waals surface area contributed by atoms with Crippen LogP contribution in [0.3, 0.4) is 0 Å². The zero-order valence-corrected chi connectivity index (χ0v) is 9.96. The van der Waals surface area contributed by atoms with Crippen LogP contribution in [0.4, 0.5) is 5.13 Å². The molecule has 0 spiro atoms. The van der Waals surface area contributed by atoms with E-state index in [0.717, 1.165) is 23.8 Å². The molecule has 0 radical (unpaired) electrons. The number of aromatic nitrogens is 1. The summed E-state index contributed by atoms with van der Waals surface area (Å²) in [5, 5.41) is 12.3. The summed E-state index contributed by atoms with van der Waals surface area (Å²) in [6.07, 6.45) is 4.60. The van der Waals surface area contributed by atoms with E-state index in [-0.39, 0.29) is 6.61 Å². The molecule has 2 heterocycles. The van der Waals surface area contributed by atoms with Crippen molar-refractivity contribution in [2.24, 2.45) is 0 Å². The number of nitrogens with zero attached hydrogens (tertiary/aromatic N) is 2. The number of anilines is 1. The van der Waals surface area contributed by atoms with E-state index in [1.807, 2.05) is 6.92 Å². The van der Waals surface area contributed by atoms with Crippen molar-refractivity contribution < 1.29 is 5.11 Å². The monoisotopic (exact) mass is 226 g/mol. The van der Waals surface area contributed by atoms with Crippen LogP contribution in [0.25, 0.3) is 0 Å². The summed E-state index contributed by atoms with van der Waals surface area (Å²) >= 11 is 1.72. The lowest BCUT2D eigenvalue weighted by atomic mass is 10.0. The zero-order valence-electron chi connectivity index (χ0n) is 9.15. The maximum absolute atomic E-state index is 9.04. The second-order valence-corrected chi connectivity index (χ2v) is 4.96. The summed E-state index contributed by atoms with van der Waals surface area (Å²) in [5.41, 5.74) is 1.10. The maximum atomic E-state index is 9.04. The number of aryl methyl sites for hydroxylation is 1. The van der Waals surface area contributed by atoms with E-state index in [2.05, 4.69) is 15.3 Å². The molecule has 0 aliphatic carbocycles. The highest BCUT2D eigenvalue weighted by Gasteiger charge is 2.23. The summed E-state index contributed by atoms with van der Waals surface area (Å²) in [6, 6.07) is 0.495. The molecule has 3 nitrogen and oxygen atoms in total. The molecule has 0 amide bonds. The Kier molecular flexibility index (Phi) is 3.59. The lowest BCUT2D eigenvalue weighted by molar-refractivity contribution is 0.262. The quantitative estimate of drug-likeness (QED) is 0.858. The van der Waals surface area contributed by atoms with Crippen molar-refractivity contribution in [1.29, 1.82) is 0 Å². The van der Waals surface area contributed by atoms with E-state index >= 15 is 0 Å². The topological polar surface area (TPSA) is 36.4 Å². The van der Waals surface area contributed by atoms with Crippen LogP contribution in [-0.2, 0) is 0 Å². The summed E-state index contributed by atoms with van der Waals surface area (Å²) in [6.45, 7) is 3.41. The van der Waals surface area contributed by atoms with Crippen molar-refractivity contribution in [2.45, 2.75) is 38.6 Å². The molecule has 1 saturated heterocycles. The van der Waals surface area contributed by atoms with Crippen molar-refractivity contribution in [3.63, 3.8) is 0 Å². The third-order valence-electron chi connectivity index (χ3n) is 2.94. The van der Waals surface area contributed by atoms with Gasteiger partial charge >= 0.3 is 0 Å². The Morgan fingerprint density at radius 3 is 3.13 bits per heavy atom. The van der Waals surface area contributed by atoms with Crippen LogP contribution in [0.1, 0.15) is 31.4 Å². The summed E-state index contributed by atoms with van der Waals surface area (Å²) in [4.78, 5) is 6.90. The third-order valence-corrected chi connectivity index (χ3v) is 3.94. The number of thiazole rings is 1. The van der Waals surface area contributed by atoms with E-state index < -0.39 is 0 Å². The van der Waals surface area contributed by atoms with Gasteiger partial charge in [0.05, 0.1) is 5.69 Å².